The monoisotopic (exact) mass is 300 g/mol. The van der Waals surface area contributed by atoms with Crippen molar-refractivity contribution in [1.29, 1.82) is 0 Å². The molecular formula is C18H17ClO2. The van der Waals surface area contributed by atoms with Crippen LogP contribution in [0.25, 0.3) is 0 Å². The second kappa shape index (κ2) is 5.90. The molecule has 1 aliphatic rings. The summed E-state index contributed by atoms with van der Waals surface area (Å²) in [6, 6.07) is 15.1. The van der Waals surface area contributed by atoms with Gasteiger partial charge in [0.05, 0.1) is 5.92 Å². The third-order valence-corrected chi connectivity index (χ3v) is 4.14. The van der Waals surface area contributed by atoms with Gasteiger partial charge >= 0.3 is 0 Å². The number of fused-ring (bicyclic) bond motifs is 1. The number of carbonyl (C=O) groups excluding carboxylic acids is 1. The summed E-state index contributed by atoms with van der Waals surface area (Å²) in [6.07, 6.45) is 1.29. The fourth-order valence-electron chi connectivity index (χ4n) is 2.85. The Morgan fingerprint density at radius 1 is 1.10 bits per heavy atom. The SMILES string of the molecule is CCCC1C(=O)C(c2ccc(Cl)cc2)Oc2ccccc21. The Morgan fingerprint density at radius 3 is 2.52 bits per heavy atom. The maximum Gasteiger partial charge on any atom is 0.185 e. The highest BCUT2D eigenvalue weighted by molar-refractivity contribution is 6.30. The molecule has 2 atom stereocenters. The predicted molar refractivity (Wildman–Crippen MR) is 83.9 cm³/mol. The number of ketones is 1. The zero-order valence-electron chi connectivity index (χ0n) is 11.9. The molecule has 0 bridgehead atoms. The van der Waals surface area contributed by atoms with E-state index in [1.807, 2.05) is 36.4 Å². The van der Waals surface area contributed by atoms with Crippen molar-refractivity contribution in [3.05, 3.63) is 64.7 Å². The molecule has 2 nitrogen and oxygen atoms in total. The van der Waals surface area contributed by atoms with E-state index in [0.717, 1.165) is 29.7 Å². The van der Waals surface area contributed by atoms with Crippen LogP contribution in [0.4, 0.5) is 0 Å². The van der Waals surface area contributed by atoms with Crippen LogP contribution in [-0.4, -0.2) is 5.78 Å². The lowest BCUT2D eigenvalue weighted by atomic mass is 9.83. The predicted octanol–water partition coefficient (Wildman–Crippen LogP) is 4.93. The Balaban J connectivity index is 2.01. The van der Waals surface area contributed by atoms with E-state index in [0.29, 0.717) is 5.02 Å². The van der Waals surface area contributed by atoms with Gasteiger partial charge in [-0.25, -0.2) is 0 Å². The minimum absolute atomic E-state index is 0.0828. The summed E-state index contributed by atoms with van der Waals surface area (Å²) in [5, 5.41) is 0.660. The van der Waals surface area contributed by atoms with E-state index in [4.69, 9.17) is 16.3 Å². The quantitative estimate of drug-likeness (QED) is 0.803. The highest BCUT2D eigenvalue weighted by atomic mass is 35.5. The van der Waals surface area contributed by atoms with Crippen LogP contribution in [-0.2, 0) is 4.79 Å². The number of ether oxygens (including phenoxy) is 1. The number of carbonyl (C=O) groups is 1. The lowest BCUT2D eigenvalue weighted by Crippen LogP contribution is -2.30. The van der Waals surface area contributed by atoms with Crippen LogP contribution in [0.3, 0.4) is 0 Å². The first-order chi connectivity index (χ1) is 10.2. The van der Waals surface area contributed by atoms with Gasteiger partial charge in [0, 0.05) is 10.6 Å². The normalized spacial score (nSPS) is 20.8. The zero-order chi connectivity index (χ0) is 14.8. The van der Waals surface area contributed by atoms with E-state index in [-0.39, 0.29) is 11.7 Å². The molecule has 1 aliphatic heterocycles. The lowest BCUT2D eigenvalue weighted by molar-refractivity contribution is -0.129. The van der Waals surface area contributed by atoms with E-state index < -0.39 is 6.10 Å². The topological polar surface area (TPSA) is 26.3 Å². The van der Waals surface area contributed by atoms with Crippen LogP contribution in [0, 0.1) is 0 Å². The molecule has 2 aromatic carbocycles. The summed E-state index contributed by atoms with van der Waals surface area (Å²) in [7, 11) is 0. The van der Waals surface area contributed by atoms with E-state index in [2.05, 4.69) is 6.92 Å². The molecule has 0 aliphatic carbocycles. The highest BCUT2D eigenvalue weighted by Gasteiger charge is 2.36. The van der Waals surface area contributed by atoms with Crippen LogP contribution in [0.15, 0.2) is 48.5 Å². The molecule has 0 radical (unpaired) electrons. The molecule has 0 aromatic heterocycles. The standard InChI is InChI=1S/C18H17ClO2/c1-2-5-15-14-6-3-4-7-16(14)21-18(17(15)20)12-8-10-13(19)11-9-12/h3-4,6-11,15,18H,2,5H2,1H3. The van der Waals surface area contributed by atoms with E-state index >= 15 is 0 Å². The summed E-state index contributed by atoms with van der Waals surface area (Å²) < 4.78 is 5.95. The molecule has 3 heteroatoms. The molecule has 108 valence electrons. The Hall–Kier alpha value is -1.80. The van der Waals surface area contributed by atoms with Crippen molar-refractivity contribution in [3.63, 3.8) is 0 Å². The Labute approximate surface area is 129 Å². The molecule has 0 N–H and O–H groups in total. The van der Waals surface area contributed by atoms with Crippen molar-refractivity contribution in [1.82, 2.24) is 0 Å². The van der Waals surface area contributed by atoms with Crippen molar-refractivity contribution < 1.29 is 9.53 Å². The summed E-state index contributed by atoms with van der Waals surface area (Å²) >= 11 is 5.92. The van der Waals surface area contributed by atoms with Gasteiger partial charge in [-0.15, -0.1) is 0 Å². The number of para-hydroxylation sites is 1. The molecule has 3 rings (SSSR count). The van der Waals surface area contributed by atoms with Crippen molar-refractivity contribution in [2.24, 2.45) is 0 Å². The summed E-state index contributed by atoms with van der Waals surface area (Å²) in [5.41, 5.74) is 1.87. The Bertz CT molecular complexity index is 649. The van der Waals surface area contributed by atoms with Gasteiger partial charge in [-0.05, 0) is 30.2 Å². The molecular weight excluding hydrogens is 284 g/mol. The molecule has 21 heavy (non-hydrogen) atoms. The van der Waals surface area contributed by atoms with Gasteiger partial charge in [0.15, 0.2) is 11.9 Å². The van der Waals surface area contributed by atoms with Crippen LogP contribution >= 0.6 is 11.6 Å². The fourth-order valence-corrected chi connectivity index (χ4v) is 2.98. The Kier molecular flexibility index (Phi) is 3.98. The molecule has 0 fully saturated rings. The number of benzene rings is 2. The van der Waals surface area contributed by atoms with Gasteiger partial charge in [0.2, 0.25) is 0 Å². The number of rotatable bonds is 3. The third kappa shape index (κ3) is 2.68. The van der Waals surface area contributed by atoms with Gasteiger partial charge in [0.25, 0.3) is 0 Å². The van der Waals surface area contributed by atoms with Gasteiger partial charge in [-0.1, -0.05) is 55.3 Å². The maximum atomic E-state index is 12.8. The van der Waals surface area contributed by atoms with Gasteiger partial charge in [0.1, 0.15) is 5.75 Å². The van der Waals surface area contributed by atoms with Crippen LogP contribution in [0.5, 0.6) is 5.75 Å². The molecule has 0 saturated heterocycles. The van der Waals surface area contributed by atoms with Crippen molar-refractivity contribution in [3.8, 4) is 5.75 Å². The summed E-state index contributed by atoms with van der Waals surface area (Å²) in [4.78, 5) is 12.8. The summed E-state index contributed by atoms with van der Waals surface area (Å²) in [6.45, 7) is 2.10. The van der Waals surface area contributed by atoms with Crippen molar-refractivity contribution >= 4 is 17.4 Å². The van der Waals surface area contributed by atoms with Crippen LogP contribution < -0.4 is 4.74 Å². The fraction of sp³-hybridized carbons (Fsp3) is 0.278. The number of hydrogen-bond donors (Lipinski definition) is 0. The molecule has 0 saturated carbocycles. The first-order valence-electron chi connectivity index (χ1n) is 7.25. The molecule has 2 aromatic rings. The molecule has 0 amide bonds. The van der Waals surface area contributed by atoms with Gasteiger partial charge < -0.3 is 4.74 Å². The molecule has 0 spiro atoms. The summed E-state index contributed by atoms with van der Waals surface area (Å²) in [5.74, 6) is 0.869. The van der Waals surface area contributed by atoms with Crippen molar-refractivity contribution in [2.75, 3.05) is 0 Å². The largest absolute Gasteiger partial charge is 0.478 e. The average molecular weight is 301 g/mol. The first-order valence-corrected chi connectivity index (χ1v) is 7.63. The second-order valence-electron chi connectivity index (χ2n) is 5.33. The minimum Gasteiger partial charge on any atom is -0.478 e. The Morgan fingerprint density at radius 2 is 1.81 bits per heavy atom. The smallest absolute Gasteiger partial charge is 0.185 e. The third-order valence-electron chi connectivity index (χ3n) is 3.89. The van der Waals surface area contributed by atoms with Gasteiger partial charge in [-0.2, -0.15) is 0 Å². The molecule has 2 unspecified atom stereocenters. The minimum atomic E-state index is -0.534. The first kappa shape index (κ1) is 14.2. The second-order valence-corrected chi connectivity index (χ2v) is 5.77. The molecule has 1 heterocycles. The van der Waals surface area contributed by atoms with E-state index in [9.17, 15) is 4.79 Å². The van der Waals surface area contributed by atoms with Crippen LogP contribution in [0.2, 0.25) is 5.02 Å². The average Bonchev–Trinajstić information content (AvgIpc) is 2.51. The van der Waals surface area contributed by atoms with Gasteiger partial charge in [-0.3, -0.25) is 4.79 Å². The van der Waals surface area contributed by atoms with Crippen molar-refractivity contribution in [2.45, 2.75) is 31.8 Å². The number of hydrogen-bond acceptors (Lipinski definition) is 2. The lowest BCUT2D eigenvalue weighted by Gasteiger charge is -2.31. The number of halogens is 1. The number of Topliss-reactive ketones (excluding diaryl/α,β-unsaturated/α-hetero) is 1. The zero-order valence-corrected chi connectivity index (χ0v) is 12.6. The van der Waals surface area contributed by atoms with Crippen LogP contribution in [0.1, 0.15) is 42.9 Å². The highest BCUT2D eigenvalue weighted by Crippen LogP contribution is 2.41. The van der Waals surface area contributed by atoms with E-state index in [1.54, 1.807) is 12.1 Å². The van der Waals surface area contributed by atoms with E-state index in [1.165, 1.54) is 0 Å². The maximum absolute atomic E-state index is 12.8.